The number of nitrogens with zero attached hydrogens (tertiary/aromatic N) is 5. The number of carbonyl (C=O) groups excluding carboxylic acids is 1. The third-order valence-electron chi connectivity index (χ3n) is 4.11. The molecule has 24 heavy (non-hydrogen) atoms. The summed E-state index contributed by atoms with van der Waals surface area (Å²) in [4.78, 5) is 16.5. The number of urea groups is 1. The quantitative estimate of drug-likeness (QED) is 0.887. The highest BCUT2D eigenvalue weighted by molar-refractivity contribution is 5.74. The molecule has 0 unspecified atom stereocenters. The Morgan fingerprint density at radius 3 is 2.79 bits per heavy atom. The van der Waals surface area contributed by atoms with E-state index in [0.717, 1.165) is 31.1 Å². The van der Waals surface area contributed by atoms with E-state index < -0.39 is 0 Å². The number of amides is 2. The van der Waals surface area contributed by atoms with Crippen molar-refractivity contribution in [3.63, 3.8) is 0 Å². The Morgan fingerprint density at radius 2 is 2.17 bits per heavy atom. The van der Waals surface area contributed by atoms with E-state index in [1.165, 1.54) is 0 Å². The summed E-state index contributed by atoms with van der Waals surface area (Å²) in [5.74, 6) is 0.873. The second-order valence-corrected chi connectivity index (χ2v) is 6.28. The van der Waals surface area contributed by atoms with Crippen molar-refractivity contribution >= 4 is 6.03 Å². The lowest BCUT2D eigenvalue weighted by Crippen LogP contribution is -2.53. The van der Waals surface area contributed by atoms with Crippen LogP contribution in [0, 0.1) is 6.92 Å². The highest BCUT2D eigenvalue weighted by atomic mass is 16.5. The third-order valence-corrected chi connectivity index (χ3v) is 4.11. The Kier molecular flexibility index (Phi) is 5.14. The number of piperazine rings is 1. The van der Waals surface area contributed by atoms with Gasteiger partial charge in [-0.3, -0.25) is 9.58 Å². The minimum absolute atomic E-state index is 0.00943. The van der Waals surface area contributed by atoms with Crippen molar-refractivity contribution in [3.8, 4) is 0 Å². The van der Waals surface area contributed by atoms with Crippen LogP contribution in [0.15, 0.2) is 29.0 Å². The molecule has 1 atom stereocenters. The molecule has 2 aromatic heterocycles. The molecule has 0 aromatic carbocycles. The zero-order chi connectivity index (χ0) is 16.9. The maximum Gasteiger partial charge on any atom is 0.317 e. The molecule has 2 aromatic rings. The van der Waals surface area contributed by atoms with Gasteiger partial charge in [0.1, 0.15) is 0 Å². The lowest BCUT2D eigenvalue weighted by Gasteiger charge is -2.34. The van der Waals surface area contributed by atoms with Crippen molar-refractivity contribution in [1.29, 1.82) is 0 Å². The molecule has 3 rings (SSSR count). The van der Waals surface area contributed by atoms with Crippen LogP contribution in [0.2, 0.25) is 0 Å². The van der Waals surface area contributed by atoms with E-state index in [-0.39, 0.29) is 12.1 Å². The highest BCUT2D eigenvalue weighted by Gasteiger charge is 2.22. The van der Waals surface area contributed by atoms with Gasteiger partial charge < -0.3 is 14.7 Å². The first-order valence-corrected chi connectivity index (χ1v) is 8.27. The van der Waals surface area contributed by atoms with Crippen LogP contribution < -0.4 is 5.32 Å². The van der Waals surface area contributed by atoms with E-state index in [1.54, 1.807) is 6.20 Å². The monoisotopic (exact) mass is 332 g/mol. The van der Waals surface area contributed by atoms with Gasteiger partial charge in [0, 0.05) is 50.7 Å². The number of hydrogen-bond donors (Lipinski definition) is 1. The van der Waals surface area contributed by atoms with Crippen LogP contribution in [0.1, 0.15) is 18.4 Å². The standard InChI is InChI=1S/C16H24N6O2/c1-13-10-15(24-19-13)12-20-6-8-21(9-7-20)16(23)18-14(2)11-22-5-3-4-17-22/h3-5,10,14H,6-9,11-12H2,1-2H3,(H,18,23)/t14-/m1/s1. The molecule has 0 radical (unpaired) electrons. The van der Waals surface area contributed by atoms with Gasteiger partial charge in [-0.05, 0) is 19.9 Å². The normalized spacial score (nSPS) is 17.0. The van der Waals surface area contributed by atoms with Crippen molar-refractivity contribution in [2.24, 2.45) is 0 Å². The van der Waals surface area contributed by atoms with Crippen molar-refractivity contribution < 1.29 is 9.32 Å². The maximum atomic E-state index is 12.3. The minimum Gasteiger partial charge on any atom is -0.360 e. The summed E-state index contributed by atoms with van der Waals surface area (Å²) < 4.78 is 7.07. The lowest BCUT2D eigenvalue weighted by molar-refractivity contribution is 0.126. The average Bonchev–Trinajstić information content (AvgIpc) is 3.20. The predicted molar refractivity (Wildman–Crippen MR) is 88.3 cm³/mol. The molecule has 8 heteroatoms. The zero-order valence-corrected chi connectivity index (χ0v) is 14.2. The molecule has 0 bridgehead atoms. The molecule has 3 heterocycles. The van der Waals surface area contributed by atoms with E-state index in [4.69, 9.17) is 4.52 Å². The van der Waals surface area contributed by atoms with Gasteiger partial charge >= 0.3 is 6.03 Å². The first-order valence-electron chi connectivity index (χ1n) is 8.27. The fourth-order valence-electron chi connectivity index (χ4n) is 2.86. The topological polar surface area (TPSA) is 79.4 Å². The highest BCUT2D eigenvalue weighted by Crippen LogP contribution is 2.10. The van der Waals surface area contributed by atoms with Gasteiger partial charge in [0.2, 0.25) is 0 Å². The SMILES string of the molecule is Cc1cc(CN2CCN(C(=O)N[C@H](C)Cn3cccn3)CC2)on1. The largest absolute Gasteiger partial charge is 0.360 e. The molecule has 2 amide bonds. The number of carbonyl (C=O) groups is 1. The zero-order valence-electron chi connectivity index (χ0n) is 14.2. The predicted octanol–water partition coefficient (Wildman–Crippen LogP) is 1.10. The summed E-state index contributed by atoms with van der Waals surface area (Å²) in [6, 6.07) is 3.86. The van der Waals surface area contributed by atoms with Crippen LogP contribution in [0.3, 0.4) is 0 Å². The van der Waals surface area contributed by atoms with Crippen LogP contribution in [0.25, 0.3) is 0 Å². The molecule has 1 aliphatic heterocycles. The van der Waals surface area contributed by atoms with Gasteiger partial charge in [0.05, 0.1) is 18.8 Å². The first kappa shape index (κ1) is 16.5. The number of hydrogen-bond acceptors (Lipinski definition) is 5. The molecule has 0 aliphatic carbocycles. The Balaban J connectivity index is 1.41. The Bertz CT molecular complexity index is 645. The number of aromatic nitrogens is 3. The summed E-state index contributed by atoms with van der Waals surface area (Å²) >= 11 is 0. The number of nitrogens with one attached hydrogen (secondary N) is 1. The van der Waals surface area contributed by atoms with Gasteiger partial charge in [-0.1, -0.05) is 5.16 Å². The van der Waals surface area contributed by atoms with Gasteiger partial charge in [-0.25, -0.2) is 4.79 Å². The van der Waals surface area contributed by atoms with Crippen molar-refractivity contribution in [3.05, 3.63) is 36.0 Å². The molecule has 1 aliphatic rings. The van der Waals surface area contributed by atoms with E-state index in [9.17, 15) is 4.79 Å². The Labute approximate surface area is 141 Å². The molecule has 1 fully saturated rings. The molecule has 0 spiro atoms. The van der Waals surface area contributed by atoms with E-state index in [0.29, 0.717) is 19.6 Å². The fourth-order valence-corrected chi connectivity index (χ4v) is 2.86. The molecule has 1 N–H and O–H groups in total. The van der Waals surface area contributed by atoms with Crippen molar-refractivity contribution in [2.75, 3.05) is 26.2 Å². The van der Waals surface area contributed by atoms with E-state index >= 15 is 0 Å². The fraction of sp³-hybridized carbons (Fsp3) is 0.562. The van der Waals surface area contributed by atoms with Gasteiger partial charge in [-0.2, -0.15) is 5.10 Å². The Hall–Kier alpha value is -2.35. The van der Waals surface area contributed by atoms with Gasteiger partial charge in [0.25, 0.3) is 0 Å². The molecule has 130 valence electrons. The molecule has 0 saturated carbocycles. The van der Waals surface area contributed by atoms with E-state index in [1.807, 2.05) is 41.8 Å². The van der Waals surface area contributed by atoms with Crippen molar-refractivity contribution in [2.45, 2.75) is 33.0 Å². The smallest absolute Gasteiger partial charge is 0.317 e. The molecule has 1 saturated heterocycles. The summed E-state index contributed by atoms with van der Waals surface area (Å²) in [6.07, 6.45) is 3.64. The number of aryl methyl sites for hydroxylation is 1. The molecular weight excluding hydrogens is 308 g/mol. The lowest BCUT2D eigenvalue weighted by atomic mass is 10.3. The maximum absolute atomic E-state index is 12.3. The average molecular weight is 332 g/mol. The minimum atomic E-state index is -0.00943. The summed E-state index contributed by atoms with van der Waals surface area (Å²) in [5.41, 5.74) is 0.897. The van der Waals surface area contributed by atoms with E-state index in [2.05, 4.69) is 20.5 Å². The third kappa shape index (κ3) is 4.35. The second-order valence-electron chi connectivity index (χ2n) is 6.28. The summed E-state index contributed by atoms with van der Waals surface area (Å²) in [6.45, 7) is 8.42. The summed E-state index contributed by atoms with van der Waals surface area (Å²) in [5, 5.41) is 11.1. The van der Waals surface area contributed by atoms with Crippen LogP contribution in [0.5, 0.6) is 0 Å². The van der Waals surface area contributed by atoms with Crippen LogP contribution >= 0.6 is 0 Å². The van der Waals surface area contributed by atoms with Crippen molar-refractivity contribution in [1.82, 2.24) is 30.1 Å². The van der Waals surface area contributed by atoms with Crippen LogP contribution in [-0.4, -0.2) is 63.0 Å². The van der Waals surface area contributed by atoms with Gasteiger partial charge in [0.15, 0.2) is 5.76 Å². The van der Waals surface area contributed by atoms with Crippen LogP contribution in [0.4, 0.5) is 4.79 Å². The Morgan fingerprint density at radius 1 is 1.38 bits per heavy atom. The van der Waals surface area contributed by atoms with Gasteiger partial charge in [-0.15, -0.1) is 0 Å². The molecular formula is C16H24N6O2. The molecule has 8 nitrogen and oxygen atoms in total. The van der Waals surface area contributed by atoms with Crippen LogP contribution in [-0.2, 0) is 13.1 Å². The summed E-state index contributed by atoms with van der Waals surface area (Å²) in [7, 11) is 0. The number of rotatable bonds is 5. The first-order chi connectivity index (χ1) is 11.6. The second kappa shape index (κ2) is 7.48.